The maximum atomic E-state index is 6.43. The highest BCUT2D eigenvalue weighted by Crippen LogP contribution is 2.28. The van der Waals surface area contributed by atoms with Crippen molar-refractivity contribution in [2.75, 3.05) is 7.05 Å². The number of nitrogens with one attached hydrogen (secondary N) is 1. The van der Waals surface area contributed by atoms with Crippen molar-refractivity contribution in [2.45, 2.75) is 39.2 Å². The first-order valence-corrected chi connectivity index (χ1v) is 7.96. The van der Waals surface area contributed by atoms with E-state index < -0.39 is 0 Å². The molecule has 0 saturated heterocycles. The van der Waals surface area contributed by atoms with E-state index in [2.05, 4.69) is 33.8 Å². The Morgan fingerprint density at radius 1 is 1.30 bits per heavy atom. The third-order valence-electron chi connectivity index (χ3n) is 3.49. The molecule has 2 aromatic rings. The van der Waals surface area contributed by atoms with Crippen LogP contribution >= 0.6 is 23.1 Å². The van der Waals surface area contributed by atoms with Gasteiger partial charge in [0, 0.05) is 13.5 Å². The molecule has 0 radical (unpaired) electrons. The largest absolute Gasteiger partial charge is 0.312 e. The van der Waals surface area contributed by atoms with Crippen molar-refractivity contribution < 1.29 is 0 Å². The van der Waals surface area contributed by atoms with Gasteiger partial charge in [-0.3, -0.25) is 4.68 Å². The van der Waals surface area contributed by atoms with Crippen molar-refractivity contribution in [1.29, 1.82) is 0 Å². The Morgan fingerprint density at radius 2 is 2.00 bits per heavy atom. The van der Waals surface area contributed by atoms with E-state index in [1.807, 2.05) is 18.8 Å². The topological polar surface area (TPSA) is 55.6 Å². The first-order chi connectivity index (χ1) is 9.62. The Bertz CT molecular complexity index is 577. The Kier molecular flexibility index (Phi) is 5.12. The minimum absolute atomic E-state index is 0.169. The number of hydrogen-bond acceptors (Lipinski definition) is 5. The summed E-state index contributed by atoms with van der Waals surface area (Å²) in [5, 5.41) is 12.8. The van der Waals surface area contributed by atoms with E-state index in [1.54, 1.807) is 0 Å². The fraction of sp³-hybridized carbons (Fsp3) is 0.615. The first-order valence-electron chi connectivity index (χ1n) is 6.80. The standard InChI is InChI=1S/C13H20ClN5S/c1-5-8-12(14)11(19(4)17-8)7-10(15-3)13-9(6-2)16-18-20-13/h10,15H,5-7H2,1-4H3. The second-order valence-electron chi connectivity index (χ2n) is 4.67. The Hall–Kier alpha value is -0.980. The summed E-state index contributed by atoms with van der Waals surface area (Å²) in [5.41, 5.74) is 3.07. The van der Waals surface area contributed by atoms with Gasteiger partial charge in [-0.25, -0.2) is 0 Å². The lowest BCUT2D eigenvalue weighted by Crippen LogP contribution is -2.20. The molecular formula is C13H20ClN5S. The number of aromatic nitrogens is 4. The van der Waals surface area contributed by atoms with Crippen LogP contribution in [-0.2, 0) is 26.3 Å². The van der Waals surface area contributed by atoms with Gasteiger partial charge in [-0.2, -0.15) is 5.10 Å². The van der Waals surface area contributed by atoms with Crippen LogP contribution in [0.4, 0.5) is 0 Å². The van der Waals surface area contributed by atoms with Crippen LogP contribution in [0.1, 0.15) is 41.8 Å². The van der Waals surface area contributed by atoms with Crippen molar-refractivity contribution in [3.05, 3.63) is 27.0 Å². The maximum absolute atomic E-state index is 6.43. The number of rotatable bonds is 6. The molecule has 110 valence electrons. The summed E-state index contributed by atoms with van der Waals surface area (Å²) in [7, 11) is 3.90. The van der Waals surface area contributed by atoms with E-state index in [0.29, 0.717) is 0 Å². The molecule has 0 aliphatic heterocycles. The Morgan fingerprint density at radius 3 is 2.55 bits per heavy atom. The SMILES string of the molecule is CCc1nnsc1C(Cc1c(Cl)c(CC)nn1C)NC. The molecule has 1 N–H and O–H groups in total. The van der Waals surface area contributed by atoms with E-state index >= 15 is 0 Å². The van der Waals surface area contributed by atoms with Crippen molar-refractivity contribution in [3.8, 4) is 0 Å². The minimum atomic E-state index is 0.169. The molecule has 2 heterocycles. The van der Waals surface area contributed by atoms with E-state index in [4.69, 9.17) is 11.6 Å². The summed E-state index contributed by atoms with van der Waals surface area (Å²) in [6.45, 7) is 4.16. The zero-order chi connectivity index (χ0) is 14.7. The van der Waals surface area contributed by atoms with Gasteiger partial charge in [-0.15, -0.1) is 5.10 Å². The molecule has 0 aliphatic carbocycles. The van der Waals surface area contributed by atoms with E-state index in [1.165, 1.54) is 16.4 Å². The van der Waals surface area contributed by atoms with Crippen molar-refractivity contribution in [2.24, 2.45) is 7.05 Å². The van der Waals surface area contributed by atoms with E-state index in [-0.39, 0.29) is 6.04 Å². The summed E-state index contributed by atoms with van der Waals surface area (Å²) in [6, 6.07) is 0.169. The fourth-order valence-electron chi connectivity index (χ4n) is 2.29. The summed E-state index contributed by atoms with van der Waals surface area (Å²) in [5.74, 6) is 0. The molecule has 0 bridgehead atoms. The smallest absolute Gasteiger partial charge is 0.0850 e. The summed E-state index contributed by atoms with van der Waals surface area (Å²) < 4.78 is 5.95. The van der Waals surface area contributed by atoms with Gasteiger partial charge in [-0.1, -0.05) is 29.9 Å². The maximum Gasteiger partial charge on any atom is 0.0850 e. The molecule has 0 amide bonds. The molecule has 2 rings (SSSR count). The van der Waals surface area contributed by atoms with Gasteiger partial charge in [0.1, 0.15) is 0 Å². The molecule has 0 aromatic carbocycles. The van der Waals surface area contributed by atoms with Crippen LogP contribution in [0, 0.1) is 0 Å². The number of halogens is 1. The second-order valence-corrected chi connectivity index (χ2v) is 5.83. The van der Waals surface area contributed by atoms with Gasteiger partial charge in [0.05, 0.1) is 33.0 Å². The van der Waals surface area contributed by atoms with Crippen molar-refractivity contribution in [3.63, 3.8) is 0 Å². The molecule has 20 heavy (non-hydrogen) atoms. The molecule has 0 spiro atoms. The predicted octanol–water partition coefficient (Wildman–Crippen LogP) is 2.55. The summed E-state index contributed by atoms with van der Waals surface area (Å²) in [4.78, 5) is 1.19. The van der Waals surface area contributed by atoms with Crippen molar-refractivity contribution in [1.82, 2.24) is 24.7 Å². The average Bonchev–Trinajstić information content (AvgIpc) is 3.02. The predicted molar refractivity (Wildman–Crippen MR) is 82.4 cm³/mol. The summed E-state index contributed by atoms with van der Waals surface area (Å²) >= 11 is 7.88. The lowest BCUT2D eigenvalue weighted by molar-refractivity contribution is 0.564. The number of hydrogen-bond donors (Lipinski definition) is 1. The van der Waals surface area contributed by atoms with E-state index in [9.17, 15) is 0 Å². The molecule has 1 unspecified atom stereocenters. The molecular weight excluding hydrogens is 294 g/mol. The van der Waals surface area contributed by atoms with Crippen LogP contribution < -0.4 is 5.32 Å². The molecule has 0 saturated carbocycles. The van der Waals surface area contributed by atoms with Crippen LogP contribution in [0.3, 0.4) is 0 Å². The number of aryl methyl sites for hydroxylation is 3. The molecule has 0 fully saturated rings. The second kappa shape index (κ2) is 6.65. The fourth-order valence-corrected chi connectivity index (χ4v) is 3.50. The van der Waals surface area contributed by atoms with Gasteiger partial charge in [-0.05, 0) is 31.4 Å². The molecule has 0 aliphatic rings. The monoisotopic (exact) mass is 313 g/mol. The third-order valence-corrected chi connectivity index (χ3v) is 4.80. The van der Waals surface area contributed by atoms with Crippen LogP contribution in [-0.4, -0.2) is 26.4 Å². The highest BCUT2D eigenvalue weighted by molar-refractivity contribution is 7.05. The molecule has 7 heteroatoms. The quantitative estimate of drug-likeness (QED) is 0.890. The average molecular weight is 314 g/mol. The van der Waals surface area contributed by atoms with Gasteiger partial charge in [0.2, 0.25) is 0 Å². The number of nitrogens with zero attached hydrogens (tertiary/aromatic N) is 4. The Balaban J connectivity index is 2.29. The third kappa shape index (κ3) is 2.87. The first kappa shape index (κ1) is 15.4. The highest BCUT2D eigenvalue weighted by atomic mass is 35.5. The number of likely N-dealkylation sites (N-methyl/N-ethyl adjacent to an activating group) is 1. The van der Waals surface area contributed by atoms with Gasteiger partial charge >= 0.3 is 0 Å². The lowest BCUT2D eigenvalue weighted by Gasteiger charge is -2.15. The van der Waals surface area contributed by atoms with Crippen LogP contribution in [0.2, 0.25) is 5.02 Å². The lowest BCUT2D eigenvalue weighted by atomic mass is 10.1. The van der Waals surface area contributed by atoms with Crippen LogP contribution in [0.15, 0.2) is 0 Å². The van der Waals surface area contributed by atoms with Crippen LogP contribution in [0.5, 0.6) is 0 Å². The van der Waals surface area contributed by atoms with Crippen molar-refractivity contribution >= 4 is 23.1 Å². The molecule has 1 atom stereocenters. The molecule has 5 nitrogen and oxygen atoms in total. The van der Waals surface area contributed by atoms with Gasteiger partial charge in [0.25, 0.3) is 0 Å². The zero-order valence-electron chi connectivity index (χ0n) is 12.3. The summed E-state index contributed by atoms with van der Waals surface area (Å²) in [6.07, 6.45) is 2.53. The normalized spacial score (nSPS) is 12.8. The zero-order valence-corrected chi connectivity index (χ0v) is 13.8. The Labute approximate surface area is 128 Å². The molecule has 2 aromatic heterocycles. The minimum Gasteiger partial charge on any atom is -0.312 e. The highest BCUT2D eigenvalue weighted by Gasteiger charge is 2.22. The van der Waals surface area contributed by atoms with Gasteiger partial charge < -0.3 is 5.32 Å². The van der Waals surface area contributed by atoms with Crippen LogP contribution in [0.25, 0.3) is 0 Å². The van der Waals surface area contributed by atoms with Gasteiger partial charge in [0.15, 0.2) is 0 Å². The van der Waals surface area contributed by atoms with E-state index in [0.717, 1.165) is 41.4 Å².